The molecule has 9 heteroatoms. The summed E-state index contributed by atoms with van der Waals surface area (Å²) >= 11 is 0. The van der Waals surface area contributed by atoms with Gasteiger partial charge in [0, 0.05) is 23.4 Å². The lowest BCUT2D eigenvalue weighted by Gasteiger charge is -2.28. The van der Waals surface area contributed by atoms with Crippen LogP contribution in [0.3, 0.4) is 0 Å². The van der Waals surface area contributed by atoms with Crippen molar-refractivity contribution in [3.63, 3.8) is 0 Å². The van der Waals surface area contributed by atoms with Crippen molar-refractivity contribution in [2.24, 2.45) is 0 Å². The fourth-order valence-electron chi connectivity index (χ4n) is 3.13. The number of carbonyl (C=O) groups excluding carboxylic acids is 1. The summed E-state index contributed by atoms with van der Waals surface area (Å²) in [6.45, 7) is 0.455. The summed E-state index contributed by atoms with van der Waals surface area (Å²) in [5.41, 5.74) is 1.85. The molecule has 0 bridgehead atoms. The normalized spacial score (nSPS) is 13.6. The molecule has 0 radical (unpaired) electrons. The number of alkyl halides is 3. The number of aromatic nitrogens is 1. The fraction of sp³-hybridized carbons (Fsp3) is 0.143. The standard InChI is InChI=1S/C21H14F4N2O3/c22-18-10-16(30-21(23,24)25)5-6-17(18)13-4-7-19-14(9-13)11-27(20(28)29-19)12-15-3-1-2-8-26-15/h1-10H,11-12H2. The molecule has 3 aromatic rings. The maximum absolute atomic E-state index is 14.4. The zero-order chi connectivity index (χ0) is 21.3. The molecular formula is C21H14F4N2O3. The zero-order valence-corrected chi connectivity index (χ0v) is 15.3. The Morgan fingerprint density at radius 3 is 2.63 bits per heavy atom. The molecule has 30 heavy (non-hydrogen) atoms. The van der Waals surface area contributed by atoms with Gasteiger partial charge in [-0.05, 0) is 42.0 Å². The molecule has 2 aromatic carbocycles. The Bertz CT molecular complexity index is 1090. The second-order valence-corrected chi connectivity index (χ2v) is 6.56. The quantitative estimate of drug-likeness (QED) is 0.540. The van der Waals surface area contributed by atoms with Gasteiger partial charge in [-0.2, -0.15) is 0 Å². The third kappa shape index (κ3) is 4.35. The number of halogens is 4. The highest BCUT2D eigenvalue weighted by Crippen LogP contribution is 2.34. The number of nitrogens with zero attached hydrogens (tertiary/aromatic N) is 2. The molecule has 1 aromatic heterocycles. The smallest absolute Gasteiger partial charge is 0.410 e. The van der Waals surface area contributed by atoms with Crippen LogP contribution >= 0.6 is 0 Å². The number of carbonyl (C=O) groups is 1. The van der Waals surface area contributed by atoms with Crippen molar-refractivity contribution in [1.29, 1.82) is 0 Å². The topological polar surface area (TPSA) is 51.7 Å². The highest BCUT2D eigenvalue weighted by atomic mass is 19.4. The molecule has 4 rings (SSSR count). The molecule has 0 N–H and O–H groups in total. The minimum absolute atomic E-state index is 0.0977. The predicted molar refractivity (Wildman–Crippen MR) is 98.0 cm³/mol. The van der Waals surface area contributed by atoms with E-state index in [1.54, 1.807) is 30.5 Å². The van der Waals surface area contributed by atoms with Crippen molar-refractivity contribution < 1.29 is 31.8 Å². The summed E-state index contributed by atoms with van der Waals surface area (Å²) in [6.07, 6.45) is -3.81. The largest absolute Gasteiger partial charge is 0.573 e. The Morgan fingerprint density at radius 2 is 1.93 bits per heavy atom. The molecule has 5 nitrogen and oxygen atoms in total. The van der Waals surface area contributed by atoms with E-state index < -0.39 is 24.0 Å². The minimum Gasteiger partial charge on any atom is -0.410 e. The number of ether oxygens (including phenoxy) is 2. The number of rotatable bonds is 4. The highest BCUT2D eigenvalue weighted by Gasteiger charge is 2.31. The van der Waals surface area contributed by atoms with Crippen LogP contribution in [0.5, 0.6) is 11.5 Å². The molecule has 0 saturated carbocycles. The van der Waals surface area contributed by atoms with Crippen LogP contribution in [-0.4, -0.2) is 22.3 Å². The number of pyridine rings is 1. The second kappa shape index (κ2) is 7.66. The van der Waals surface area contributed by atoms with Crippen LogP contribution in [0.4, 0.5) is 22.4 Å². The van der Waals surface area contributed by atoms with Crippen LogP contribution in [0.15, 0.2) is 60.8 Å². The first-order chi connectivity index (χ1) is 14.3. The van der Waals surface area contributed by atoms with Crippen molar-refractivity contribution in [2.45, 2.75) is 19.5 Å². The van der Waals surface area contributed by atoms with E-state index in [0.717, 1.165) is 6.07 Å². The highest BCUT2D eigenvalue weighted by molar-refractivity contribution is 5.75. The van der Waals surface area contributed by atoms with Gasteiger partial charge in [0.25, 0.3) is 0 Å². The average Bonchev–Trinajstić information content (AvgIpc) is 2.68. The number of hydrogen-bond acceptors (Lipinski definition) is 4. The van der Waals surface area contributed by atoms with Crippen LogP contribution in [-0.2, 0) is 13.1 Å². The van der Waals surface area contributed by atoms with E-state index in [9.17, 15) is 22.4 Å². The van der Waals surface area contributed by atoms with Crippen LogP contribution in [0.25, 0.3) is 11.1 Å². The monoisotopic (exact) mass is 418 g/mol. The number of benzene rings is 2. The van der Waals surface area contributed by atoms with E-state index in [-0.39, 0.29) is 18.7 Å². The lowest BCUT2D eigenvalue weighted by molar-refractivity contribution is -0.274. The molecule has 0 fully saturated rings. The van der Waals surface area contributed by atoms with E-state index in [1.165, 1.54) is 23.1 Å². The molecule has 0 saturated heterocycles. The maximum Gasteiger partial charge on any atom is 0.573 e. The summed E-state index contributed by atoms with van der Waals surface area (Å²) in [4.78, 5) is 17.9. The van der Waals surface area contributed by atoms with Gasteiger partial charge < -0.3 is 9.47 Å². The number of fused-ring (bicyclic) bond motifs is 1. The Balaban J connectivity index is 1.58. The minimum atomic E-state index is -4.90. The molecule has 0 unspecified atom stereocenters. The SMILES string of the molecule is O=C1Oc2ccc(-c3ccc(OC(F)(F)F)cc3F)cc2CN1Cc1ccccn1. The van der Waals surface area contributed by atoms with E-state index in [1.807, 2.05) is 0 Å². The fourth-order valence-corrected chi connectivity index (χ4v) is 3.13. The predicted octanol–water partition coefficient (Wildman–Crippen LogP) is 5.30. The molecule has 0 atom stereocenters. The summed E-state index contributed by atoms with van der Waals surface area (Å²) in [7, 11) is 0. The lowest BCUT2D eigenvalue weighted by Crippen LogP contribution is -2.36. The summed E-state index contributed by atoms with van der Waals surface area (Å²) in [5.74, 6) is -1.16. The van der Waals surface area contributed by atoms with Crippen molar-refractivity contribution in [2.75, 3.05) is 0 Å². The lowest BCUT2D eigenvalue weighted by atomic mass is 10.0. The van der Waals surface area contributed by atoms with Gasteiger partial charge in [0.2, 0.25) is 0 Å². The van der Waals surface area contributed by atoms with Crippen molar-refractivity contribution >= 4 is 6.09 Å². The Labute approximate surface area is 168 Å². The first kappa shape index (κ1) is 19.7. The Hall–Kier alpha value is -3.62. The van der Waals surface area contributed by atoms with E-state index in [4.69, 9.17) is 4.74 Å². The molecule has 1 amide bonds. The number of hydrogen-bond donors (Lipinski definition) is 0. The van der Waals surface area contributed by atoms with E-state index in [0.29, 0.717) is 28.6 Å². The van der Waals surface area contributed by atoms with Gasteiger partial charge in [-0.25, -0.2) is 9.18 Å². The van der Waals surface area contributed by atoms with E-state index in [2.05, 4.69) is 9.72 Å². The average molecular weight is 418 g/mol. The molecule has 1 aliphatic heterocycles. The Morgan fingerprint density at radius 1 is 1.10 bits per heavy atom. The van der Waals surface area contributed by atoms with Crippen molar-refractivity contribution in [3.8, 4) is 22.6 Å². The summed E-state index contributed by atoms with van der Waals surface area (Å²) < 4.78 is 60.4. The van der Waals surface area contributed by atoms with Gasteiger partial charge in [0.1, 0.15) is 17.3 Å². The summed E-state index contributed by atoms with van der Waals surface area (Å²) in [5, 5.41) is 0. The van der Waals surface area contributed by atoms with Gasteiger partial charge >= 0.3 is 12.5 Å². The molecule has 0 spiro atoms. The van der Waals surface area contributed by atoms with Crippen LogP contribution in [0.1, 0.15) is 11.3 Å². The third-order valence-corrected chi connectivity index (χ3v) is 4.44. The van der Waals surface area contributed by atoms with Gasteiger partial charge in [-0.1, -0.05) is 12.1 Å². The van der Waals surface area contributed by atoms with Crippen molar-refractivity contribution in [1.82, 2.24) is 9.88 Å². The molecule has 0 aliphatic carbocycles. The third-order valence-electron chi connectivity index (χ3n) is 4.44. The zero-order valence-electron chi connectivity index (χ0n) is 15.3. The molecule has 154 valence electrons. The Kier molecular flexibility index (Phi) is 5.03. The first-order valence-corrected chi connectivity index (χ1v) is 8.84. The van der Waals surface area contributed by atoms with Gasteiger partial charge in [-0.3, -0.25) is 9.88 Å². The first-order valence-electron chi connectivity index (χ1n) is 8.84. The maximum atomic E-state index is 14.4. The molecule has 1 aliphatic rings. The summed E-state index contributed by atoms with van der Waals surface area (Å²) in [6, 6.07) is 13.0. The van der Waals surface area contributed by atoms with Gasteiger partial charge in [-0.15, -0.1) is 13.2 Å². The second-order valence-electron chi connectivity index (χ2n) is 6.56. The van der Waals surface area contributed by atoms with Crippen molar-refractivity contribution in [3.05, 3.63) is 77.9 Å². The molecule has 2 heterocycles. The van der Waals surface area contributed by atoms with Crippen LogP contribution in [0.2, 0.25) is 0 Å². The molecular weight excluding hydrogens is 404 g/mol. The van der Waals surface area contributed by atoms with Crippen LogP contribution in [0, 0.1) is 5.82 Å². The number of amides is 1. The van der Waals surface area contributed by atoms with Gasteiger partial charge in [0.05, 0.1) is 18.8 Å². The van der Waals surface area contributed by atoms with Crippen LogP contribution < -0.4 is 9.47 Å². The van der Waals surface area contributed by atoms with Gasteiger partial charge in [0.15, 0.2) is 0 Å². The van der Waals surface area contributed by atoms with E-state index >= 15 is 0 Å².